The monoisotopic (exact) mass is 409 g/mol. The molecule has 0 rings (SSSR count). The Kier molecular flexibility index (Phi) is 30.2. The molecule has 0 radical (unpaired) electrons. The summed E-state index contributed by atoms with van der Waals surface area (Å²) in [6.45, 7) is 17.4. The molecule has 0 saturated heterocycles. The van der Waals surface area contributed by atoms with Crippen molar-refractivity contribution in [2.24, 2.45) is 0 Å². The van der Waals surface area contributed by atoms with Crippen LogP contribution in [0.3, 0.4) is 0 Å². The Morgan fingerprint density at radius 1 is 0.552 bits per heavy atom. The molecule has 0 aliphatic rings. The summed E-state index contributed by atoms with van der Waals surface area (Å²) >= 11 is 0. The zero-order chi connectivity index (χ0) is 21.8. The maximum atomic E-state index is 4.06. The summed E-state index contributed by atoms with van der Waals surface area (Å²) in [6, 6.07) is 0. The molecule has 0 aromatic rings. The molecule has 0 aromatic carbocycles. The van der Waals surface area contributed by atoms with E-state index in [1.807, 2.05) is 0 Å². The highest BCUT2D eigenvalue weighted by Crippen LogP contribution is 2.08. The van der Waals surface area contributed by atoms with Crippen LogP contribution in [0.25, 0.3) is 0 Å². The lowest BCUT2D eigenvalue weighted by atomic mass is 10.1. The van der Waals surface area contributed by atoms with Crippen molar-refractivity contribution < 1.29 is 0 Å². The molecule has 0 aromatic heterocycles. The van der Waals surface area contributed by atoms with E-state index in [0.717, 1.165) is 25.5 Å². The molecule has 29 heavy (non-hydrogen) atoms. The number of nitrogens with one attached hydrogen (secondary N) is 3. The van der Waals surface area contributed by atoms with Gasteiger partial charge in [0.2, 0.25) is 0 Å². The minimum Gasteiger partial charge on any atom is -0.391 e. The van der Waals surface area contributed by atoms with E-state index in [2.05, 4.69) is 49.9 Å². The third kappa shape index (κ3) is 31.8. The molecule has 174 valence electrons. The number of hydrogen-bond donors (Lipinski definition) is 3. The highest BCUT2D eigenvalue weighted by molar-refractivity contribution is 4.87. The van der Waals surface area contributed by atoms with Gasteiger partial charge in [0.15, 0.2) is 0 Å². The third-order valence-corrected chi connectivity index (χ3v) is 5.03. The molecule has 0 aliphatic carbocycles. The summed E-state index contributed by atoms with van der Waals surface area (Å²) in [5.41, 5.74) is 0. The van der Waals surface area contributed by atoms with E-state index >= 15 is 0 Å². The van der Waals surface area contributed by atoms with E-state index in [4.69, 9.17) is 0 Å². The first kappa shape index (κ1) is 30.1. The molecule has 0 unspecified atom stereocenters. The second-order valence-corrected chi connectivity index (χ2v) is 8.09. The molecular weight excluding hydrogens is 354 g/mol. The summed E-state index contributed by atoms with van der Waals surface area (Å²) in [5, 5.41) is 9.77. The van der Waals surface area contributed by atoms with Gasteiger partial charge in [0, 0.05) is 19.6 Å². The number of rotatable bonds is 22. The fourth-order valence-electron chi connectivity index (χ4n) is 3.13. The molecule has 0 amide bonds. The van der Waals surface area contributed by atoms with Gasteiger partial charge in [-0.1, -0.05) is 117 Å². The van der Waals surface area contributed by atoms with Gasteiger partial charge in [-0.3, -0.25) is 0 Å². The zero-order valence-corrected chi connectivity index (χ0v) is 20.4. The van der Waals surface area contributed by atoms with Gasteiger partial charge in [-0.05, 0) is 25.5 Å². The van der Waals surface area contributed by atoms with E-state index in [9.17, 15) is 0 Å². The van der Waals surface area contributed by atoms with Gasteiger partial charge in [-0.25, -0.2) is 0 Å². The van der Waals surface area contributed by atoms with Crippen LogP contribution in [0, 0.1) is 0 Å². The highest BCUT2D eigenvalue weighted by atomic mass is 15.1. The Balaban J connectivity index is 0. The fourth-order valence-corrected chi connectivity index (χ4v) is 3.13. The lowest BCUT2D eigenvalue weighted by Gasteiger charge is -2.12. The lowest BCUT2D eigenvalue weighted by Crippen LogP contribution is -2.27. The SMILES string of the molecule is C=C(NCCCCCCCCC)NCCCCCCCCCC.C=CNCCC. The average molecular weight is 410 g/mol. The molecule has 0 aliphatic heterocycles. The van der Waals surface area contributed by atoms with Gasteiger partial charge in [-0.15, -0.1) is 0 Å². The Hall–Kier alpha value is -1.12. The van der Waals surface area contributed by atoms with Crippen LogP contribution in [0.1, 0.15) is 124 Å². The van der Waals surface area contributed by atoms with Gasteiger partial charge in [0.05, 0.1) is 5.82 Å². The van der Waals surface area contributed by atoms with Crippen LogP contribution in [-0.4, -0.2) is 19.6 Å². The van der Waals surface area contributed by atoms with E-state index in [0.29, 0.717) is 0 Å². The van der Waals surface area contributed by atoms with Crippen LogP contribution in [0.5, 0.6) is 0 Å². The average Bonchev–Trinajstić information content (AvgIpc) is 2.73. The second kappa shape index (κ2) is 29.1. The summed E-state index contributed by atoms with van der Waals surface area (Å²) in [5.74, 6) is 1.01. The summed E-state index contributed by atoms with van der Waals surface area (Å²) in [6.07, 6.45) is 23.5. The smallest absolute Gasteiger partial charge is 0.0912 e. The third-order valence-electron chi connectivity index (χ3n) is 5.03. The predicted octanol–water partition coefficient (Wildman–Crippen LogP) is 7.66. The highest BCUT2D eigenvalue weighted by Gasteiger charge is 1.95. The van der Waals surface area contributed by atoms with Crippen molar-refractivity contribution in [3.8, 4) is 0 Å². The van der Waals surface area contributed by atoms with Crippen molar-refractivity contribution in [2.75, 3.05) is 19.6 Å². The van der Waals surface area contributed by atoms with Crippen molar-refractivity contribution in [3.05, 3.63) is 25.2 Å². The largest absolute Gasteiger partial charge is 0.391 e. The molecule has 0 saturated carbocycles. The molecule has 0 fully saturated rings. The zero-order valence-electron chi connectivity index (χ0n) is 20.4. The summed E-state index contributed by atoms with van der Waals surface area (Å²) in [4.78, 5) is 0. The minimum atomic E-state index is 1.01. The van der Waals surface area contributed by atoms with Crippen molar-refractivity contribution in [2.45, 2.75) is 124 Å². The fraction of sp³-hybridized carbons (Fsp3) is 0.846. The van der Waals surface area contributed by atoms with Crippen LogP contribution in [0.4, 0.5) is 0 Å². The molecule has 3 N–H and O–H groups in total. The van der Waals surface area contributed by atoms with Crippen LogP contribution < -0.4 is 16.0 Å². The molecule has 3 nitrogen and oxygen atoms in total. The molecule has 3 heteroatoms. The van der Waals surface area contributed by atoms with Gasteiger partial charge in [0.1, 0.15) is 0 Å². The van der Waals surface area contributed by atoms with E-state index in [-0.39, 0.29) is 0 Å². The first-order chi connectivity index (χ1) is 14.2. The molecule has 0 atom stereocenters. The summed E-state index contributed by atoms with van der Waals surface area (Å²) < 4.78 is 0. The Morgan fingerprint density at radius 2 is 0.931 bits per heavy atom. The van der Waals surface area contributed by atoms with Crippen molar-refractivity contribution in [3.63, 3.8) is 0 Å². The molecule has 0 bridgehead atoms. The molecule has 0 heterocycles. The molecular formula is C26H55N3. The van der Waals surface area contributed by atoms with Crippen LogP contribution in [0.2, 0.25) is 0 Å². The van der Waals surface area contributed by atoms with Crippen molar-refractivity contribution in [1.82, 2.24) is 16.0 Å². The van der Waals surface area contributed by atoms with Gasteiger partial charge < -0.3 is 16.0 Å². The van der Waals surface area contributed by atoms with Crippen LogP contribution in [-0.2, 0) is 0 Å². The maximum absolute atomic E-state index is 4.06. The van der Waals surface area contributed by atoms with Crippen molar-refractivity contribution in [1.29, 1.82) is 0 Å². The normalized spacial score (nSPS) is 10.0. The first-order valence-electron chi connectivity index (χ1n) is 12.7. The van der Waals surface area contributed by atoms with Crippen LogP contribution >= 0.6 is 0 Å². The second-order valence-electron chi connectivity index (χ2n) is 8.09. The van der Waals surface area contributed by atoms with Gasteiger partial charge in [-0.2, -0.15) is 0 Å². The van der Waals surface area contributed by atoms with Gasteiger partial charge in [0.25, 0.3) is 0 Å². The standard InChI is InChI=1S/C21H44N2.C5H11N/c1-4-6-8-10-12-14-16-18-20-23-21(3)22-19-17-15-13-11-9-7-5-2;1-3-5-6-4-2/h22-23H,3-20H2,1-2H3;4,6H,2-3,5H2,1H3. The van der Waals surface area contributed by atoms with Gasteiger partial charge >= 0.3 is 0 Å². The number of unbranched alkanes of at least 4 members (excludes halogenated alkanes) is 13. The Morgan fingerprint density at radius 3 is 1.24 bits per heavy atom. The van der Waals surface area contributed by atoms with E-state index < -0.39 is 0 Å². The predicted molar refractivity (Wildman–Crippen MR) is 134 cm³/mol. The van der Waals surface area contributed by atoms with E-state index in [1.165, 1.54) is 103 Å². The van der Waals surface area contributed by atoms with E-state index in [1.54, 1.807) is 6.20 Å². The Bertz CT molecular complexity index is 315. The topological polar surface area (TPSA) is 36.1 Å². The molecule has 0 spiro atoms. The summed E-state index contributed by atoms with van der Waals surface area (Å²) in [7, 11) is 0. The van der Waals surface area contributed by atoms with Crippen LogP contribution in [0.15, 0.2) is 25.2 Å². The first-order valence-corrected chi connectivity index (χ1v) is 12.7. The number of hydrogen-bond acceptors (Lipinski definition) is 3. The van der Waals surface area contributed by atoms with Crippen molar-refractivity contribution >= 4 is 0 Å². The Labute approximate surface area is 184 Å². The lowest BCUT2D eigenvalue weighted by molar-refractivity contribution is 0.551. The quantitative estimate of drug-likeness (QED) is 0.161. The maximum Gasteiger partial charge on any atom is 0.0912 e. The minimum absolute atomic E-state index is 1.01.